The molecule has 1 saturated carbocycles. The van der Waals surface area contributed by atoms with Gasteiger partial charge in [0.05, 0.1) is 0 Å². The van der Waals surface area contributed by atoms with E-state index in [0.29, 0.717) is 11.7 Å². The van der Waals surface area contributed by atoms with Crippen LogP contribution in [0.4, 0.5) is 0 Å². The number of aromatic nitrogens is 1. The molecular weight excluding hydrogens is 300 g/mol. The molecule has 0 unspecified atom stereocenters. The first-order valence-corrected chi connectivity index (χ1v) is 9.22. The maximum Gasteiger partial charge on any atom is 0.273 e. The second kappa shape index (κ2) is 6.28. The Hall–Kier alpha value is -1.20. The lowest BCUT2D eigenvalue weighted by Crippen LogP contribution is -2.39. The third kappa shape index (κ3) is 3.19. The fourth-order valence-electron chi connectivity index (χ4n) is 2.87. The second-order valence-electron chi connectivity index (χ2n) is 5.88. The fourth-order valence-corrected chi connectivity index (χ4v) is 4.37. The Bertz CT molecular complexity index is 598. The number of hydrogen-bond acceptors (Lipinski definition) is 4. The van der Waals surface area contributed by atoms with Crippen LogP contribution in [0, 0.1) is 5.92 Å². The molecule has 0 aliphatic heterocycles. The molecule has 1 aliphatic carbocycles. The van der Waals surface area contributed by atoms with Gasteiger partial charge in [-0.15, -0.1) is 11.3 Å². The lowest BCUT2D eigenvalue weighted by atomic mass is 9.87. The lowest BCUT2D eigenvalue weighted by molar-refractivity contribution is 0.0674. The van der Waals surface area contributed by atoms with Crippen molar-refractivity contribution in [1.29, 1.82) is 0 Å². The van der Waals surface area contributed by atoms with Crippen LogP contribution in [0.5, 0.6) is 0 Å². The van der Waals surface area contributed by atoms with E-state index < -0.39 is 0 Å². The Morgan fingerprint density at radius 2 is 2.05 bits per heavy atom. The molecule has 0 atom stereocenters. The van der Waals surface area contributed by atoms with Crippen molar-refractivity contribution in [2.24, 2.45) is 5.92 Å². The van der Waals surface area contributed by atoms with E-state index in [1.54, 1.807) is 22.7 Å². The average Bonchev–Trinajstić information content (AvgIpc) is 3.17. The maximum absolute atomic E-state index is 12.6. The molecule has 2 aromatic heterocycles. The summed E-state index contributed by atoms with van der Waals surface area (Å²) in [6, 6.07) is 2.42. The van der Waals surface area contributed by atoms with Gasteiger partial charge in [0, 0.05) is 29.4 Å². The summed E-state index contributed by atoms with van der Waals surface area (Å²) in [7, 11) is 1.92. The number of carbonyl (C=O) groups excluding carboxylic acids is 1. The van der Waals surface area contributed by atoms with Crippen molar-refractivity contribution >= 4 is 28.6 Å². The largest absolute Gasteiger partial charge is 0.337 e. The van der Waals surface area contributed by atoms with Gasteiger partial charge in [-0.2, -0.15) is 11.3 Å². The molecule has 0 bridgehead atoms. The van der Waals surface area contributed by atoms with Crippen molar-refractivity contribution in [2.75, 3.05) is 7.05 Å². The summed E-state index contributed by atoms with van der Waals surface area (Å²) in [6.07, 6.45) is 4.68. The quantitative estimate of drug-likeness (QED) is 0.833. The predicted octanol–water partition coefficient (Wildman–Crippen LogP) is 4.52. The molecule has 21 heavy (non-hydrogen) atoms. The van der Waals surface area contributed by atoms with Gasteiger partial charge in [-0.3, -0.25) is 4.79 Å². The van der Waals surface area contributed by atoms with E-state index in [2.05, 4.69) is 17.3 Å². The first kappa shape index (κ1) is 14.7. The normalized spacial score (nSPS) is 22.2. The van der Waals surface area contributed by atoms with Gasteiger partial charge in [0.2, 0.25) is 0 Å². The number of hydrogen-bond donors (Lipinski definition) is 0. The van der Waals surface area contributed by atoms with Gasteiger partial charge in [0.1, 0.15) is 10.7 Å². The number of thiophene rings is 1. The van der Waals surface area contributed by atoms with Crippen LogP contribution in [0.3, 0.4) is 0 Å². The SMILES string of the molecule is CC1CCC(N(C)C(=O)c2csc(-c3ccsc3)n2)CC1. The monoisotopic (exact) mass is 320 g/mol. The summed E-state index contributed by atoms with van der Waals surface area (Å²) in [6.45, 7) is 2.30. The van der Waals surface area contributed by atoms with E-state index in [-0.39, 0.29) is 5.91 Å². The molecule has 3 nitrogen and oxygen atoms in total. The molecule has 0 spiro atoms. The fraction of sp³-hybridized carbons (Fsp3) is 0.500. The van der Waals surface area contributed by atoms with Gasteiger partial charge in [-0.1, -0.05) is 6.92 Å². The molecule has 0 saturated heterocycles. The molecule has 1 aliphatic rings. The molecule has 3 rings (SSSR count). The van der Waals surface area contributed by atoms with Gasteiger partial charge >= 0.3 is 0 Å². The molecule has 2 aromatic rings. The molecule has 112 valence electrons. The number of amides is 1. The van der Waals surface area contributed by atoms with E-state index >= 15 is 0 Å². The van der Waals surface area contributed by atoms with Crippen LogP contribution < -0.4 is 0 Å². The van der Waals surface area contributed by atoms with Crippen molar-refractivity contribution in [3.8, 4) is 10.6 Å². The highest BCUT2D eigenvalue weighted by Gasteiger charge is 2.26. The summed E-state index contributed by atoms with van der Waals surface area (Å²) in [5.41, 5.74) is 1.69. The maximum atomic E-state index is 12.6. The summed E-state index contributed by atoms with van der Waals surface area (Å²) < 4.78 is 0. The van der Waals surface area contributed by atoms with Gasteiger partial charge < -0.3 is 4.90 Å². The standard InChI is InChI=1S/C16H20N2OS2/c1-11-3-5-13(6-4-11)18(2)16(19)14-10-21-15(17-14)12-7-8-20-9-12/h7-11,13H,3-6H2,1-2H3. The zero-order valence-corrected chi connectivity index (χ0v) is 14.0. The van der Waals surface area contributed by atoms with Crippen molar-refractivity contribution < 1.29 is 4.79 Å². The second-order valence-corrected chi connectivity index (χ2v) is 7.52. The van der Waals surface area contributed by atoms with Crippen LogP contribution >= 0.6 is 22.7 Å². The minimum absolute atomic E-state index is 0.0623. The van der Waals surface area contributed by atoms with E-state index in [1.807, 2.05) is 28.8 Å². The van der Waals surface area contributed by atoms with Crippen molar-refractivity contribution in [3.63, 3.8) is 0 Å². The van der Waals surface area contributed by atoms with Crippen LogP contribution in [-0.4, -0.2) is 28.9 Å². The van der Waals surface area contributed by atoms with Crippen molar-refractivity contribution in [2.45, 2.75) is 38.6 Å². The van der Waals surface area contributed by atoms with Crippen LogP contribution in [-0.2, 0) is 0 Å². The number of rotatable bonds is 3. The third-order valence-electron chi connectivity index (χ3n) is 4.34. The number of nitrogens with zero attached hydrogens (tertiary/aromatic N) is 2. The first-order valence-electron chi connectivity index (χ1n) is 7.40. The molecule has 0 N–H and O–H groups in total. The van der Waals surface area contributed by atoms with Gasteiger partial charge in [-0.25, -0.2) is 4.98 Å². The number of carbonyl (C=O) groups is 1. The molecule has 0 radical (unpaired) electrons. The Morgan fingerprint density at radius 1 is 1.29 bits per heavy atom. The first-order chi connectivity index (χ1) is 10.1. The molecule has 5 heteroatoms. The van der Waals surface area contributed by atoms with Crippen molar-refractivity contribution in [1.82, 2.24) is 9.88 Å². The number of thiazole rings is 1. The van der Waals surface area contributed by atoms with Crippen LogP contribution in [0.2, 0.25) is 0 Å². The Kier molecular flexibility index (Phi) is 4.40. The molecule has 2 heterocycles. The Balaban J connectivity index is 1.70. The third-order valence-corrected chi connectivity index (χ3v) is 5.92. The minimum Gasteiger partial charge on any atom is -0.337 e. The summed E-state index contributed by atoms with van der Waals surface area (Å²) in [5, 5.41) is 6.93. The summed E-state index contributed by atoms with van der Waals surface area (Å²) in [4.78, 5) is 19.0. The molecular formula is C16H20N2OS2. The van der Waals surface area contributed by atoms with Gasteiger partial charge in [0.25, 0.3) is 5.91 Å². The predicted molar refractivity (Wildman–Crippen MR) is 88.9 cm³/mol. The Labute approximate surface area is 133 Å². The zero-order chi connectivity index (χ0) is 14.8. The molecule has 0 aromatic carbocycles. The highest BCUT2D eigenvalue weighted by Crippen LogP contribution is 2.29. The van der Waals surface area contributed by atoms with Crippen LogP contribution in [0.1, 0.15) is 43.1 Å². The summed E-state index contributed by atoms with van der Waals surface area (Å²) >= 11 is 3.20. The van der Waals surface area contributed by atoms with Crippen LogP contribution in [0.15, 0.2) is 22.2 Å². The zero-order valence-electron chi connectivity index (χ0n) is 12.4. The van der Waals surface area contributed by atoms with Gasteiger partial charge in [-0.05, 0) is 43.0 Å². The Morgan fingerprint density at radius 3 is 2.71 bits per heavy atom. The average molecular weight is 320 g/mol. The van der Waals surface area contributed by atoms with Gasteiger partial charge in [0.15, 0.2) is 0 Å². The van der Waals surface area contributed by atoms with Crippen molar-refractivity contribution in [3.05, 3.63) is 27.9 Å². The summed E-state index contributed by atoms with van der Waals surface area (Å²) in [5.74, 6) is 0.863. The highest BCUT2D eigenvalue weighted by molar-refractivity contribution is 7.14. The van der Waals surface area contributed by atoms with E-state index in [0.717, 1.165) is 29.3 Å². The molecule has 1 fully saturated rings. The minimum atomic E-state index is 0.0623. The van der Waals surface area contributed by atoms with E-state index in [1.165, 1.54) is 12.8 Å². The van der Waals surface area contributed by atoms with Crippen LogP contribution in [0.25, 0.3) is 10.6 Å². The smallest absolute Gasteiger partial charge is 0.273 e. The lowest BCUT2D eigenvalue weighted by Gasteiger charge is -2.33. The highest BCUT2D eigenvalue weighted by atomic mass is 32.1. The van der Waals surface area contributed by atoms with E-state index in [4.69, 9.17) is 0 Å². The topological polar surface area (TPSA) is 33.2 Å². The van der Waals surface area contributed by atoms with E-state index in [9.17, 15) is 4.79 Å². The molecule has 1 amide bonds.